The Morgan fingerprint density at radius 3 is 2.41 bits per heavy atom. The van der Waals surface area contributed by atoms with Gasteiger partial charge in [-0.1, -0.05) is 44.0 Å². The Kier molecular flexibility index (Phi) is 7.67. The van der Waals surface area contributed by atoms with Crippen molar-refractivity contribution in [2.45, 2.75) is 52.7 Å². The molecule has 1 aromatic heterocycles. The van der Waals surface area contributed by atoms with Crippen LogP contribution in [0.15, 0.2) is 57.9 Å². The lowest BCUT2D eigenvalue weighted by molar-refractivity contribution is -0.138. The van der Waals surface area contributed by atoms with E-state index in [4.69, 9.17) is 25.5 Å². The molecule has 1 amide bonds. The average molecular weight is 486 g/mol. The summed E-state index contributed by atoms with van der Waals surface area (Å²) in [4.78, 5) is 38.1. The first-order valence-corrected chi connectivity index (χ1v) is 11.4. The SMILES string of the molecule is CC[C@H](C)[C@H](NC(=O)OC(C)(C)C)C(=O)Oc1ccc2c(=O)c(-c3ccc(Cl)cc3)coc2c1. The van der Waals surface area contributed by atoms with Gasteiger partial charge in [0.1, 0.15) is 29.2 Å². The minimum atomic E-state index is -0.908. The maximum atomic E-state index is 13.0. The van der Waals surface area contributed by atoms with Gasteiger partial charge in [0.2, 0.25) is 0 Å². The van der Waals surface area contributed by atoms with Crippen LogP contribution in [-0.4, -0.2) is 23.7 Å². The van der Waals surface area contributed by atoms with E-state index in [2.05, 4.69) is 5.32 Å². The average Bonchev–Trinajstić information content (AvgIpc) is 2.76. The summed E-state index contributed by atoms with van der Waals surface area (Å²) in [5, 5.41) is 3.51. The van der Waals surface area contributed by atoms with Gasteiger partial charge in [0, 0.05) is 11.1 Å². The molecule has 0 aliphatic carbocycles. The van der Waals surface area contributed by atoms with Crippen molar-refractivity contribution >= 4 is 34.6 Å². The first kappa shape index (κ1) is 25.3. The van der Waals surface area contributed by atoms with Crippen molar-refractivity contribution in [3.63, 3.8) is 0 Å². The Morgan fingerprint density at radius 1 is 1.12 bits per heavy atom. The molecule has 0 aliphatic rings. The molecule has 1 N–H and O–H groups in total. The van der Waals surface area contributed by atoms with E-state index >= 15 is 0 Å². The predicted octanol–water partition coefficient (Wildman–Crippen LogP) is 5.96. The number of ether oxygens (including phenoxy) is 2. The number of benzene rings is 2. The fraction of sp³-hybridized carbons (Fsp3) is 0.346. The van der Waals surface area contributed by atoms with Crippen molar-refractivity contribution in [3.8, 4) is 16.9 Å². The number of hydrogen-bond acceptors (Lipinski definition) is 6. The lowest BCUT2D eigenvalue weighted by Crippen LogP contribution is -2.48. The second-order valence-corrected chi connectivity index (χ2v) is 9.51. The number of esters is 1. The summed E-state index contributed by atoms with van der Waals surface area (Å²) in [6.45, 7) is 8.96. The van der Waals surface area contributed by atoms with Crippen molar-refractivity contribution < 1.29 is 23.5 Å². The zero-order valence-electron chi connectivity index (χ0n) is 19.8. The van der Waals surface area contributed by atoms with Gasteiger partial charge < -0.3 is 19.2 Å². The third kappa shape index (κ3) is 6.17. The Hall–Kier alpha value is -3.32. The maximum absolute atomic E-state index is 13.0. The van der Waals surface area contributed by atoms with Crippen LogP contribution in [0, 0.1) is 5.92 Å². The van der Waals surface area contributed by atoms with E-state index in [-0.39, 0.29) is 22.7 Å². The zero-order valence-corrected chi connectivity index (χ0v) is 20.6. The topological polar surface area (TPSA) is 94.8 Å². The molecular formula is C26H28ClNO6. The van der Waals surface area contributed by atoms with Gasteiger partial charge in [0.25, 0.3) is 0 Å². The number of alkyl carbamates (subject to hydrolysis) is 1. The van der Waals surface area contributed by atoms with E-state index in [0.717, 1.165) is 0 Å². The molecule has 0 unspecified atom stereocenters. The minimum absolute atomic E-state index is 0.194. The molecule has 3 aromatic rings. The minimum Gasteiger partial charge on any atom is -0.463 e. The molecule has 34 heavy (non-hydrogen) atoms. The summed E-state index contributed by atoms with van der Waals surface area (Å²) in [6.07, 6.45) is 1.30. The summed E-state index contributed by atoms with van der Waals surface area (Å²) < 4.78 is 16.5. The third-order valence-electron chi connectivity index (χ3n) is 5.26. The molecule has 2 atom stereocenters. The van der Waals surface area contributed by atoms with Gasteiger partial charge in [-0.3, -0.25) is 4.79 Å². The molecule has 0 saturated heterocycles. The van der Waals surface area contributed by atoms with Gasteiger partial charge >= 0.3 is 12.1 Å². The van der Waals surface area contributed by atoms with Crippen LogP contribution in [0.4, 0.5) is 4.79 Å². The van der Waals surface area contributed by atoms with Crippen LogP contribution in [0.2, 0.25) is 5.02 Å². The van der Waals surface area contributed by atoms with E-state index in [1.165, 1.54) is 18.4 Å². The first-order chi connectivity index (χ1) is 16.0. The summed E-state index contributed by atoms with van der Waals surface area (Å²) >= 11 is 5.93. The fourth-order valence-corrected chi connectivity index (χ4v) is 3.41. The van der Waals surface area contributed by atoms with Crippen molar-refractivity contribution in [1.29, 1.82) is 0 Å². The van der Waals surface area contributed by atoms with E-state index in [1.54, 1.807) is 51.1 Å². The Labute approximate surface area is 203 Å². The zero-order chi connectivity index (χ0) is 25.0. The van der Waals surface area contributed by atoms with E-state index < -0.39 is 23.7 Å². The maximum Gasteiger partial charge on any atom is 0.408 e. The second kappa shape index (κ2) is 10.3. The third-order valence-corrected chi connectivity index (χ3v) is 5.51. The Balaban J connectivity index is 1.83. The molecule has 1 heterocycles. The van der Waals surface area contributed by atoms with Crippen molar-refractivity contribution in [3.05, 3.63) is 64.0 Å². The number of halogens is 1. The highest BCUT2D eigenvalue weighted by atomic mass is 35.5. The van der Waals surface area contributed by atoms with Gasteiger partial charge in [-0.25, -0.2) is 9.59 Å². The van der Waals surface area contributed by atoms with Gasteiger partial charge in [-0.2, -0.15) is 0 Å². The van der Waals surface area contributed by atoms with Gasteiger partial charge in [-0.15, -0.1) is 0 Å². The van der Waals surface area contributed by atoms with Crippen LogP contribution in [0.3, 0.4) is 0 Å². The van der Waals surface area contributed by atoms with Crippen LogP contribution in [0.25, 0.3) is 22.1 Å². The van der Waals surface area contributed by atoms with Gasteiger partial charge in [-0.05, 0) is 56.5 Å². The van der Waals surface area contributed by atoms with E-state index in [9.17, 15) is 14.4 Å². The monoisotopic (exact) mass is 485 g/mol. The fourth-order valence-electron chi connectivity index (χ4n) is 3.28. The second-order valence-electron chi connectivity index (χ2n) is 9.07. The highest BCUT2D eigenvalue weighted by Gasteiger charge is 2.30. The molecule has 0 saturated carbocycles. The lowest BCUT2D eigenvalue weighted by atomic mass is 9.99. The smallest absolute Gasteiger partial charge is 0.408 e. The molecule has 0 radical (unpaired) electrons. The molecule has 3 rings (SSSR count). The number of carbonyl (C=O) groups excluding carboxylic acids is 2. The van der Waals surface area contributed by atoms with Crippen molar-refractivity contribution in [2.24, 2.45) is 5.92 Å². The number of nitrogens with one attached hydrogen (secondary N) is 1. The van der Waals surface area contributed by atoms with Crippen LogP contribution in [0.1, 0.15) is 41.0 Å². The molecule has 2 aromatic carbocycles. The van der Waals surface area contributed by atoms with E-state index in [1.807, 2.05) is 13.8 Å². The lowest BCUT2D eigenvalue weighted by Gasteiger charge is -2.25. The molecule has 8 heteroatoms. The molecular weight excluding hydrogens is 458 g/mol. The Morgan fingerprint density at radius 2 is 1.79 bits per heavy atom. The van der Waals surface area contributed by atoms with Crippen molar-refractivity contribution in [1.82, 2.24) is 5.32 Å². The molecule has 0 aliphatic heterocycles. The summed E-state index contributed by atoms with van der Waals surface area (Å²) in [5.41, 5.74) is 0.431. The van der Waals surface area contributed by atoms with Crippen molar-refractivity contribution in [2.75, 3.05) is 0 Å². The summed E-state index contributed by atoms with van der Waals surface area (Å²) in [5.74, 6) is -0.640. The van der Waals surface area contributed by atoms with Gasteiger partial charge in [0.15, 0.2) is 5.43 Å². The number of amides is 1. The van der Waals surface area contributed by atoms with Crippen LogP contribution >= 0.6 is 11.6 Å². The first-order valence-electron chi connectivity index (χ1n) is 11.0. The molecule has 7 nitrogen and oxygen atoms in total. The number of carbonyl (C=O) groups is 2. The normalized spacial score (nSPS) is 13.2. The van der Waals surface area contributed by atoms with Crippen LogP contribution in [-0.2, 0) is 9.53 Å². The molecule has 0 fully saturated rings. The quantitative estimate of drug-likeness (QED) is 0.342. The molecule has 0 spiro atoms. The largest absolute Gasteiger partial charge is 0.463 e. The Bertz CT molecular complexity index is 1240. The van der Waals surface area contributed by atoms with Crippen LogP contribution < -0.4 is 15.5 Å². The standard InChI is InChI=1S/C26H28ClNO6/c1-6-15(2)22(28-25(31)34-26(3,4)5)24(30)33-18-11-12-19-21(13-18)32-14-20(23(19)29)16-7-9-17(27)10-8-16/h7-15,22H,6H2,1-5H3,(H,28,31)/t15-,22-/m0/s1. The van der Waals surface area contributed by atoms with E-state index in [0.29, 0.717) is 28.0 Å². The molecule has 0 bridgehead atoms. The highest BCUT2D eigenvalue weighted by molar-refractivity contribution is 6.30. The van der Waals surface area contributed by atoms with Crippen LogP contribution in [0.5, 0.6) is 5.75 Å². The summed E-state index contributed by atoms with van der Waals surface area (Å²) in [7, 11) is 0. The van der Waals surface area contributed by atoms with Gasteiger partial charge in [0.05, 0.1) is 10.9 Å². The number of rotatable bonds is 6. The number of hydrogen-bond donors (Lipinski definition) is 1. The molecule has 180 valence electrons. The summed E-state index contributed by atoms with van der Waals surface area (Å²) in [6, 6.07) is 10.5. The predicted molar refractivity (Wildman–Crippen MR) is 131 cm³/mol. The highest BCUT2D eigenvalue weighted by Crippen LogP contribution is 2.25. The number of fused-ring (bicyclic) bond motifs is 1.